The zero-order valence-corrected chi connectivity index (χ0v) is 14.7. The van der Waals surface area contributed by atoms with Gasteiger partial charge in [-0.25, -0.2) is 4.79 Å². The molecule has 0 aromatic heterocycles. The van der Waals surface area contributed by atoms with Crippen molar-refractivity contribution in [3.05, 3.63) is 29.8 Å². The van der Waals surface area contributed by atoms with Crippen LogP contribution in [0.2, 0.25) is 0 Å². The molecule has 1 aliphatic heterocycles. The normalized spacial score (nSPS) is 19.9. The van der Waals surface area contributed by atoms with Gasteiger partial charge < -0.3 is 15.4 Å². The Kier molecular flexibility index (Phi) is 5.79. The molecule has 0 radical (unpaired) electrons. The molecule has 1 atom stereocenters. The first-order chi connectivity index (χ1) is 12.1. The zero-order valence-electron chi connectivity index (χ0n) is 14.7. The molecular weight excluding hydrogens is 348 g/mol. The maximum absolute atomic E-state index is 12.7. The van der Waals surface area contributed by atoms with Crippen molar-refractivity contribution < 1.29 is 27.9 Å². The number of carbonyl (C=O) groups is 3. The van der Waals surface area contributed by atoms with Crippen LogP contribution in [0.5, 0.6) is 5.75 Å². The summed E-state index contributed by atoms with van der Waals surface area (Å²) in [5.41, 5.74) is -0.999. The number of hydrogen-bond acceptors (Lipinski definition) is 4. The second kappa shape index (κ2) is 7.67. The predicted molar refractivity (Wildman–Crippen MR) is 88.5 cm³/mol. The molecule has 0 spiro atoms. The summed E-state index contributed by atoms with van der Waals surface area (Å²) < 4.78 is 28.7. The molecular formula is C17H21F2N3O4. The predicted octanol–water partition coefficient (Wildman–Crippen LogP) is 1.83. The Morgan fingerprint density at radius 2 is 1.88 bits per heavy atom. The molecule has 1 fully saturated rings. The summed E-state index contributed by atoms with van der Waals surface area (Å²) in [6.45, 7) is 2.43. The van der Waals surface area contributed by atoms with Crippen molar-refractivity contribution >= 4 is 17.8 Å². The van der Waals surface area contributed by atoms with Crippen molar-refractivity contribution in [2.24, 2.45) is 5.92 Å². The van der Waals surface area contributed by atoms with E-state index in [1.54, 1.807) is 0 Å². The molecule has 7 nitrogen and oxygen atoms in total. The number of urea groups is 1. The molecule has 9 heteroatoms. The number of imide groups is 1. The molecule has 1 saturated heterocycles. The first-order valence-corrected chi connectivity index (χ1v) is 8.09. The average molecular weight is 369 g/mol. The zero-order chi connectivity index (χ0) is 19.5. The van der Waals surface area contributed by atoms with Gasteiger partial charge in [0.2, 0.25) is 5.91 Å². The summed E-state index contributed by atoms with van der Waals surface area (Å²) in [6.07, 6.45) is 0. The van der Waals surface area contributed by atoms with Crippen LogP contribution in [0, 0.1) is 5.92 Å². The van der Waals surface area contributed by atoms with Crippen LogP contribution < -0.4 is 15.4 Å². The summed E-state index contributed by atoms with van der Waals surface area (Å²) in [7, 11) is 0. The lowest BCUT2D eigenvalue weighted by molar-refractivity contribution is -0.134. The fraction of sp³-hybridized carbons (Fsp3) is 0.471. The van der Waals surface area contributed by atoms with E-state index in [1.165, 1.54) is 31.2 Å². The number of rotatable bonds is 7. The number of nitrogens with zero attached hydrogens (tertiary/aromatic N) is 1. The average Bonchev–Trinajstić information content (AvgIpc) is 2.77. The highest BCUT2D eigenvalue weighted by atomic mass is 19.3. The molecule has 0 bridgehead atoms. The number of alkyl halides is 2. The van der Waals surface area contributed by atoms with Crippen LogP contribution in [0.15, 0.2) is 24.3 Å². The number of hydrogen-bond donors (Lipinski definition) is 2. The van der Waals surface area contributed by atoms with E-state index in [0.717, 1.165) is 4.90 Å². The SMILES string of the molecule is CC(C)CNC(=O)CN1C(=O)N[C@](C)(c2ccc(OC(F)F)cc2)C1=O. The number of benzene rings is 1. The summed E-state index contributed by atoms with van der Waals surface area (Å²) in [4.78, 5) is 37.6. The van der Waals surface area contributed by atoms with Crippen LogP contribution in [0.4, 0.5) is 13.6 Å². The van der Waals surface area contributed by atoms with E-state index in [1.807, 2.05) is 13.8 Å². The molecule has 1 aliphatic rings. The number of carbonyl (C=O) groups excluding carboxylic acids is 3. The van der Waals surface area contributed by atoms with E-state index in [-0.39, 0.29) is 18.2 Å². The van der Waals surface area contributed by atoms with Crippen LogP contribution in [0.1, 0.15) is 26.3 Å². The van der Waals surface area contributed by atoms with E-state index in [4.69, 9.17) is 0 Å². The Hall–Kier alpha value is -2.71. The summed E-state index contributed by atoms with van der Waals surface area (Å²) in [5.74, 6) is -0.854. The van der Waals surface area contributed by atoms with Crippen molar-refractivity contribution in [1.29, 1.82) is 0 Å². The van der Waals surface area contributed by atoms with Gasteiger partial charge in [-0.1, -0.05) is 26.0 Å². The van der Waals surface area contributed by atoms with Gasteiger partial charge in [0.1, 0.15) is 17.8 Å². The maximum Gasteiger partial charge on any atom is 0.387 e. The van der Waals surface area contributed by atoms with Gasteiger partial charge >= 0.3 is 12.6 Å². The quantitative estimate of drug-likeness (QED) is 0.718. The third kappa shape index (κ3) is 4.27. The molecule has 1 aromatic rings. The highest BCUT2D eigenvalue weighted by Gasteiger charge is 2.49. The molecule has 0 unspecified atom stereocenters. The van der Waals surface area contributed by atoms with Gasteiger partial charge in [0.25, 0.3) is 5.91 Å². The largest absolute Gasteiger partial charge is 0.435 e. The van der Waals surface area contributed by atoms with Gasteiger partial charge in [0.15, 0.2) is 0 Å². The molecule has 2 rings (SSSR count). The smallest absolute Gasteiger partial charge is 0.387 e. The van der Waals surface area contributed by atoms with Crippen molar-refractivity contribution in [1.82, 2.24) is 15.5 Å². The number of nitrogens with one attached hydrogen (secondary N) is 2. The van der Waals surface area contributed by atoms with Crippen molar-refractivity contribution in [2.45, 2.75) is 32.9 Å². The van der Waals surface area contributed by atoms with Gasteiger partial charge in [0.05, 0.1) is 0 Å². The fourth-order valence-electron chi connectivity index (χ4n) is 2.52. The van der Waals surface area contributed by atoms with Gasteiger partial charge in [-0.15, -0.1) is 0 Å². The van der Waals surface area contributed by atoms with E-state index in [9.17, 15) is 23.2 Å². The number of halogens is 2. The minimum absolute atomic E-state index is 0.0611. The second-order valence-electron chi connectivity index (χ2n) is 6.55. The molecule has 4 amide bonds. The third-order valence-electron chi connectivity index (χ3n) is 3.94. The third-order valence-corrected chi connectivity index (χ3v) is 3.94. The van der Waals surface area contributed by atoms with Crippen molar-refractivity contribution in [3.8, 4) is 5.75 Å². The molecule has 1 heterocycles. The van der Waals surface area contributed by atoms with Gasteiger partial charge in [-0.3, -0.25) is 14.5 Å². The minimum Gasteiger partial charge on any atom is -0.435 e. The second-order valence-corrected chi connectivity index (χ2v) is 6.55. The van der Waals surface area contributed by atoms with E-state index >= 15 is 0 Å². The minimum atomic E-state index is -2.95. The molecule has 2 N–H and O–H groups in total. The van der Waals surface area contributed by atoms with Gasteiger partial charge in [-0.2, -0.15) is 8.78 Å². The topological polar surface area (TPSA) is 87.7 Å². The first-order valence-electron chi connectivity index (χ1n) is 8.09. The fourth-order valence-corrected chi connectivity index (χ4v) is 2.52. The van der Waals surface area contributed by atoms with Crippen LogP contribution in [-0.4, -0.2) is 42.4 Å². The number of amides is 4. The van der Waals surface area contributed by atoms with Crippen LogP contribution >= 0.6 is 0 Å². The Bertz CT molecular complexity index is 694. The molecule has 0 aliphatic carbocycles. The van der Waals surface area contributed by atoms with Gasteiger partial charge in [0, 0.05) is 6.54 Å². The molecule has 1 aromatic carbocycles. The highest BCUT2D eigenvalue weighted by molar-refractivity contribution is 6.09. The monoisotopic (exact) mass is 369 g/mol. The Labute approximate surface area is 149 Å². The summed E-state index contributed by atoms with van der Waals surface area (Å²) in [6, 6.07) is 4.70. The van der Waals surface area contributed by atoms with E-state index in [2.05, 4.69) is 15.4 Å². The summed E-state index contributed by atoms with van der Waals surface area (Å²) in [5, 5.41) is 5.19. The Morgan fingerprint density at radius 1 is 1.27 bits per heavy atom. The van der Waals surface area contributed by atoms with E-state index < -0.39 is 30.0 Å². The first kappa shape index (κ1) is 19.6. The van der Waals surface area contributed by atoms with Gasteiger partial charge in [-0.05, 0) is 30.5 Å². The molecule has 142 valence electrons. The van der Waals surface area contributed by atoms with Crippen LogP contribution in [0.25, 0.3) is 0 Å². The lowest BCUT2D eigenvalue weighted by atomic mass is 9.92. The van der Waals surface area contributed by atoms with Crippen LogP contribution in [0.3, 0.4) is 0 Å². The van der Waals surface area contributed by atoms with E-state index in [0.29, 0.717) is 12.1 Å². The maximum atomic E-state index is 12.7. The molecule has 0 saturated carbocycles. The highest BCUT2D eigenvalue weighted by Crippen LogP contribution is 2.30. The van der Waals surface area contributed by atoms with Crippen molar-refractivity contribution in [2.75, 3.05) is 13.1 Å². The summed E-state index contributed by atoms with van der Waals surface area (Å²) >= 11 is 0. The number of ether oxygens (including phenoxy) is 1. The Balaban J connectivity index is 2.11. The standard InChI is InChI=1S/C17H21F2N3O4/c1-10(2)8-20-13(23)9-22-14(24)17(3,21-16(22)25)11-4-6-12(7-5-11)26-15(18)19/h4-7,10,15H,8-9H2,1-3H3,(H,20,23)(H,21,25)/t17-/m1/s1. The Morgan fingerprint density at radius 3 is 2.42 bits per heavy atom. The lowest BCUT2D eigenvalue weighted by Crippen LogP contribution is -2.43. The van der Waals surface area contributed by atoms with Crippen LogP contribution in [-0.2, 0) is 15.1 Å². The lowest BCUT2D eigenvalue weighted by Gasteiger charge is -2.22. The molecule has 26 heavy (non-hydrogen) atoms. The van der Waals surface area contributed by atoms with Crippen molar-refractivity contribution in [3.63, 3.8) is 0 Å².